The molecule has 0 aliphatic carbocycles. The number of rotatable bonds is 2. The lowest BCUT2D eigenvalue weighted by Crippen LogP contribution is -2.34. The SMILES string of the molecule is Cc1cc(Br)cc(C)c1NC(=S)NC(=O)c1ccc(C(C)(C)C)cc1. The number of halogens is 1. The van der Waals surface area contributed by atoms with Gasteiger partial charge in [0.1, 0.15) is 0 Å². The third-order valence-electron chi connectivity index (χ3n) is 3.98. The Morgan fingerprint density at radius 1 is 1.04 bits per heavy atom. The van der Waals surface area contributed by atoms with Crippen LogP contribution < -0.4 is 10.6 Å². The summed E-state index contributed by atoms with van der Waals surface area (Å²) in [5.74, 6) is -0.217. The minimum Gasteiger partial charge on any atom is -0.332 e. The number of hydrogen-bond acceptors (Lipinski definition) is 2. The van der Waals surface area contributed by atoms with Crippen LogP contribution in [0, 0.1) is 13.8 Å². The van der Waals surface area contributed by atoms with Crippen molar-refractivity contribution in [2.45, 2.75) is 40.0 Å². The molecule has 0 radical (unpaired) electrons. The first-order chi connectivity index (χ1) is 11.6. The minimum atomic E-state index is -0.217. The highest BCUT2D eigenvalue weighted by atomic mass is 79.9. The molecule has 25 heavy (non-hydrogen) atoms. The van der Waals surface area contributed by atoms with E-state index in [0.717, 1.165) is 21.3 Å². The second kappa shape index (κ2) is 7.67. The largest absolute Gasteiger partial charge is 0.332 e. The standard InChI is InChI=1S/C20H23BrN2OS/c1-12-10-16(21)11-13(2)17(12)22-19(25)23-18(24)14-6-8-15(9-7-14)20(3,4)5/h6-11H,1-5H3,(H2,22,23,24,25). The first-order valence-corrected chi connectivity index (χ1v) is 9.27. The van der Waals surface area contributed by atoms with E-state index in [4.69, 9.17) is 12.2 Å². The highest BCUT2D eigenvalue weighted by Crippen LogP contribution is 2.25. The van der Waals surface area contributed by atoms with Crippen molar-refractivity contribution in [3.8, 4) is 0 Å². The van der Waals surface area contributed by atoms with Crippen LogP contribution in [0.5, 0.6) is 0 Å². The highest BCUT2D eigenvalue weighted by molar-refractivity contribution is 9.10. The third-order valence-corrected chi connectivity index (χ3v) is 4.64. The maximum atomic E-state index is 12.4. The van der Waals surface area contributed by atoms with Crippen molar-refractivity contribution >= 4 is 44.9 Å². The normalized spacial score (nSPS) is 11.1. The molecule has 0 saturated heterocycles. The van der Waals surface area contributed by atoms with Crippen LogP contribution in [0.2, 0.25) is 0 Å². The van der Waals surface area contributed by atoms with Gasteiger partial charge in [-0.3, -0.25) is 10.1 Å². The number of anilines is 1. The molecular weight excluding hydrogens is 396 g/mol. The van der Waals surface area contributed by atoms with Crippen LogP contribution in [0.25, 0.3) is 0 Å². The Kier molecular flexibility index (Phi) is 6.01. The molecule has 2 aromatic carbocycles. The van der Waals surface area contributed by atoms with Gasteiger partial charge in [-0.2, -0.15) is 0 Å². The molecule has 0 spiro atoms. The van der Waals surface area contributed by atoms with Crippen molar-refractivity contribution in [1.29, 1.82) is 0 Å². The fraction of sp³-hybridized carbons (Fsp3) is 0.300. The molecule has 0 fully saturated rings. The van der Waals surface area contributed by atoms with Crippen molar-refractivity contribution in [3.05, 3.63) is 63.1 Å². The second-order valence-electron chi connectivity index (χ2n) is 7.15. The van der Waals surface area contributed by atoms with E-state index in [2.05, 4.69) is 47.3 Å². The lowest BCUT2D eigenvalue weighted by molar-refractivity contribution is 0.0977. The van der Waals surface area contributed by atoms with Gasteiger partial charge in [-0.25, -0.2) is 0 Å². The minimum absolute atomic E-state index is 0.0580. The molecule has 0 aliphatic rings. The van der Waals surface area contributed by atoms with Crippen LogP contribution >= 0.6 is 28.1 Å². The van der Waals surface area contributed by atoms with Gasteiger partial charge in [-0.05, 0) is 72.4 Å². The number of thiocarbonyl (C=S) groups is 1. The smallest absolute Gasteiger partial charge is 0.257 e. The van der Waals surface area contributed by atoms with Crippen LogP contribution in [0.15, 0.2) is 40.9 Å². The molecule has 0 unspecified atom stereocenters. The van der Waals surface area contributed by atoms with Gasteiger partial charge in [-0.15, -0.1) is 0 Å². The summed E-state index contributed by atoms with van der Waals surface area (Å²) in [6.07, 6.45) is 0. The summed E-state index contributed by atoms with van der Waals surface area (Å²) >= 11 is 8.77. The maximum absolute atomic E-state index is 12.4. The molecule has 1 amide bonds. The first kappa shape index (κ1) is 19.6. The summed E-state index contributed by atoms with van der Waals surface area (Å²) in [6, 6.07) is 11.6. The average Bonchev–Trinajstić information content (AvgIpc) is 2.50. The number of carbonyl (C=O) groups is 1. The first-order valence-electron chi connectivity index (χ1n) is 8.07. The zero-order valence-electron chi connectivity index (χ0n) is 15.2. The summed E-state index contributed by atoms with van der Waals surface area (Å²) in [4.78, 5) is 12.4. The van der Waals surface area contributed by atoms with Gasteiger partial charge in [-0.1, -0.05) is 48.8 Å². The van der Waals surface area contributed by atoms with Gasteiger partial charge in [0.2, 0.25) is 0 Å². The van der Waals surface area contributed by atoms with Crippen molar-refractivity contribution in [2.75, 3.05) is 5.32 Å². The molecule has 0 saturated carbocycles. The van der Waals surface area contributed by atoms with E-state index in [-0.39, 0.29) is 11.3 Å². The maximum Gasteiger partial charge on any atom is 0.257 e. The number of nitrogens with one attached hydrogen (secondary N) is 2. The second-order valence-corrected chi connectivity index (χ2v) is 8.47. The lowest BCUT2D eigenvalue weighted by atomic mass is 9.87. The van der Waals surface area contributed by atoms with E-state index in [1.807, 2.05) is 50.2 Å². The molecule has 0 atom stereocenters. The van der Waals surface area contributed by atoms with Crippen LogP contribution in [0.3, 0.4) is 0 Å². The molecule has 3 nitrogen and oxygen atoms in total. The Hall–Kier alpha value is -1.72. The topological polar surface area (TPSA) is 41.1 Å². The van der Waals surface area contributed by atoms with Crippen molar-refractivity contribution < 1.29 is 4.79 Å². The summed E-state index contributed by atoms with van der Waals surface area (Å²) in [6.45, 7) is 10.4. The van der Waals surface area contributed by atoms with E-state index in [9.17, 15) is 4.79 Å². The third kappa shape index (κ3) is 5.13. The fourth-order valence-electron chi connectivity index (χ4n) is 2.55. The Bertz CT molecular complexity index is 784. The summed E-state index contributed by atoms with van der Waals surface area (Å²) in [7, 11) is 0. The Labute approximate surface area is 163 Å². The molecule has 5 heteroatoms. The molecule has 0 aliphatic heterocycles. The van der Waals surface area contributed by atoms with Gasteiger partial charge in [0.05, 0.1) is 0 Å². The number of carbonyl (C=O) groups excluding carboxylic acids is 1. The van der Waals surface area contributed by atoms with E-state index in [0.29, 0.717) is 10.7 Å². The van der Waals surface area contributed by atoms with E-state index < -0.39 is 0 Å². The molecule has 0 heterocycles. The van der Waals surface area contributed by atoms with Gasteiger partial charge >= 0.3 is 0 Å². The molecule has 0 bridgehead atoms. The van der Waals surface area contributed by atoms with Crippen LogP contribution in [0.4, 0.5) is 5.69 Å². The van der Waals surface area contributed by atoms with Crippen LogP contribution in [0.1, 0.15) is 47.8 Å². The predicted molar refractivity (Wildman–Crippen MR) is 112 cm³/mol. The predicted octanol–water partition coefficient (Wildman–Crippen LogP) is 5.49. The van der Waals surface area contributed by atoms with Crippen molar-refractivity contribution in [3.63, 3.8) is 0 Å². The number of aryl methyl sites for hydroxylation is 2. The van der Waals surface area contributed by atoms with E-state index in [1.165, 1.54) is 5.56 Å². The van der Waals surface area contributed by atoms with E-state index >= 15 is 0 Å². The highest BCUT2D eigenvalue weighted by Gasteiger charge is 2.15. The van der Waals surface area contributed by atoms with Crippen molar-refractivity contribution in [2.24, 2.45) is 0 Å². The Morgan fingerprint density at radius 2 is 1.56 bits per heavy atom. The van der Waals surface area contributed by atoms with Crippen LogP contribution in [-0.4, -0.2) is 11.0 Å². The Morgan fingerprint density at radius 3 is 2.04 bits per heavy atom. The molecule has 2 N–H and O–H groups in total. The Balaban J connectivity index is 2.07. The molecule has 2 aromatic rings. The molecule has 2 rings (SSSR count). The quantitative estimate of drug-likeness (QED) is 0.633. The van der Waals surface area contributed by atoms with Gasteiger partial charge in [0.15, 0.2) is 5.11 Å². The molecular formula is C20H23BrN2OS. The monoisotopic (exact) mass is 418 g/mol. The number of hydrogen-bond donors (Lipinski definition) is 2. The fourth-order valence-corrected chi connectivity index (χ4v) is 3.43. The molecule has 132 valence electrons. The van der Waals surface area contributed by atoms with Gasteiger partial charge < -0.3 is 5.32 Å². The summed E-state index contributed by atoms with van der Waals surface area (Å²) in [5, 5.41) is 6.15. The lowest BCUT2D eigenvalue weighted by Gasteiger charge is -2.19. The number of benzene rings is 2. The van der Waals surface area contributed by atoms with Gasteiger partial charge in [0.25, 0.3) is 5.91 Å². The summed E-state index contributed by atoms with van der Waals surface area (Å²) < 4.78 is 1.02. The molecule has 0 aromatic heterocycles. The zero-order valence-corrected chi connectivity index (χ0v) is 17.6. The summed E-state index contributed by atoms with van der Waals surface area (Å²) in [5.41, 5.74) is 4.85. The van der Waals surface area contributed by atoms with Gasteiger partial charge in [0, 0.05) is 15.7 Å². The number of amides is 1. The van der Waals surface area contributed by atoms with Crippen molar-refractivity contribution in [1.82, 2.24) is 5.32 Å². The van der Waals surface area contributed by atoms with Crippen LogP contribution in [-0.2, 0) is 5.41 Å². The average molecular weight is 419 g/mol. The zero-order chi connectivity index (χ0) is 18.8. The van der Waals surface area contributed by atoms with E-state index in [1.54, 1.807) is 0 Å².